The van der Waals surface area contributed by atoms with Gasteiger partial charge < -0.3 is 15.5 Å². The predicted octanol–water partition coefficient (Wildman–Crippen LogP) is 2.99. The Labute approximate surface area is 157 Å². The summed E-state index contributed by atoms with van der Waals surface area (Å²) in [6.45, 7) is 2.09. The Balaban J connectivity index is 0.000000137. The van der Waals surface area contributed by atoms with Gasteiger partial charge in [0, 0.05) is 18.5 Å². The monoisotopic (exact) mass is 362 g/mol. The number of fused-ring (bicyclic) bond motifs is 2. The van der Waals surface area contributed by atoms with Crippen LogP contribution in [0.25, 0.3) is 21.9 Å². The van der Waals surface area contributed by atoms with E-state index in [0.717, 1.165) is 30.2 Å². The maximum absolute atomic E-state index is 5.69. The van der Waals surface area contributed by atoms with E-state index in [1.807, 2.05) is 24.3 Å². The Morgan fingerprint density at radius 3 is 2.56 bits per heavy atom. The van der Waals surface area contributed by atoms with E-state index < -0.39 is 0 Å². The van der Waals surface area contributed by atoms with Crippen molar-refractivity contribution in [1.82, 2.24) is 19.6 Å². The van der Waals surface area contributed by atoms with Crippen LogP contribution in [0.2, 0.25) is 0 Å². The minimum Gasteiger partial charge on any atom is -0.496 e. The van der Waals surface area contributed by atoms with Gasteiger partial charge in [-0.15, -0.1) is 0 Å². The predicted molar refractivity (Wildman–Crippen MR) is 107 cm³/mol. The molecule has 0 atom stereocenters. The van der Waals surface area contributed by atoms with Crippen molar-refractivity contribution in [2.24, 2.45) is 0 Å². The summed E-state index contributed by atoms with van der Waals surface area (Å²) in [5.41, 5.74) is 1.48. The van der Waals surface area contributed by atoms with E-state index >= 15 is 0 Å². The third-order valence-corrected chi connectivity index (χ3v) is 4.71. The number of methoxy groups -OCH3 is 1. The molecule has 0 radical (unpaired) electrons. The summed E-state index contributed by atoms with van der Waals surface area (Å²) >= 11 is 0. The molecule has 2 aromatic carbocycles. The van der Waals surface area contributed by atoms with Gasteiger partial charge in [-0.2, -0.15) is 0 Å². The second-order valence-corrected chi connectivity index (χ2v) is 6.40. The second kappa shape index (κ2) is 7.49. The Morgan fingerprint density at radius 1 is 0.963 bits per heavy atom. The van der Waals surface area contributed by atoms with Crippen LogP contribution in [0, 0.1) is 0 Å². The molecule has 2 aromatic heterocycles. The first kappa shape index (κ1) is 17.1. The summed E-state index contributed by atoms with van der Waals surface area (Å²) in [6.07, 6.45) is 5.55. The molecule has 5 rings (SSSR count). The average molecular weight is 362 g/mol. The largest absolute Gasteiger partial charge is 0.496 e. The summed E-state index contributed by atoms with van der Waals surface area (Å²) in [7, 11) is 1.70. The van der Waals surface area contributed by atoms with Crippen molar-refractivity contribution in [3.8, 4) is 5.75 Å². The molecule has 1 aliphatic rings. The van der Waals surface area contributed by atoms with Crippen LogP contribution in [0.1, 0.15) is 12.8 Å². The van der Waals surface area contributed by atoms with Gasteiger partial charge in [-0.05, 0) is 24.3 Å². The number of benzene rings is 2. The van der Waals surface area contributed by atoms with Crippen LogP contribution in [0.5, 0.6) is 5.75 Å². The van der Waals surface area contributed by atoms with E-state index in [4.69, 9.17) is 10.6 Å². The molecule has 0 unspecified atom stereocenters. The lowest BCUT2D eigenvalue weighted by molar-refractivity contribution is 0.420. The van der Waals surface area contributed by atoms with E-state index in [-0.39, 0.29) is 0 Å². The summed E-state index contributed by atoms with van der Waals surface area (Å²) in [4.78, 5) is 14.9. The fourth-order valence-electron chi connectivity index (χ4n) is 3.37. The van der Waals surface area contributed by atoms with Crippen LogP contribution in [-0.4, -0.2) is 39.8 Å². The molecular formula is C20H22N6O. The first-order valence-electron chi connectivity index (χ1n) is 8.98. The topological polar surface area (TPSA) is 82.1 Å². The Hall–Kier alpha value is -3.35. The molecular weight excluding hydrogens is 340 g/mol. The third-order valence-electron chi connectivity index (χ3n) is 4.71. The molecule has 1 saturated heterocycles. The van der Waals surface area contributed by atoms with Crippen molar-refractivity contribution in [2.45, 2.75) is 12.8 Å². The van der Waals surface area contributed by atoms with Crippen LogP contribution in [0.4, 0.5) is 5.82 Å². The second-order valence-electron chi connectivity index (χ2n) is 6.40. The standard InChI is InChI=1S/C11H10O.C9H12N6/c1-12-11-8-4-6-9-5-2-3-7-10(9)11;10-15-6-13-7-8(11-5-12-9(7)15)14-3-1-2-4-14/h2-8H,1H3;5-6H,1-4,10H2. The fourth-order valence-corrected chi connectivity index (χ4v) is 3.37. The zero-order chi connectivity index (χ0) is 18.6. The van der Waals surface area contributed by atoms with Gasteiger partial charge in [0.05, 0.1) is 7.11 Å². The molecule has 3 heterocycles. The van der Waals surface area contributed by atoms with Gasteiger partial charge >= 0.3 is 0 Å². The quantitative estimate of drug-likeness (QED) is 0.552. The zero-order valence-electron chi connectivity index (χ0n) is 15.2. The molecule has 0 amide bonds. The fraction of sp³-hybridized carbons (Fsp3) is 0.250. The van der Waals surface area contributed by atoms with Gasteiger partial charge in [-0.25, -0.2) is 19.6 Å². The highest BCUT2D eigenvalue weighted by atomic mass is 16.5. The first-order chi connectivity index (χ1) is 13.3. The van der Waals surface area contributed by atoms with Gasteiger partial charge in [0.2, 0.25) is 0 Å². The number of anilines is 1. The number of imidazole rings is 1. The summed E-state index contributed by atoms with van der Waals surface area (Å²) < 4.78 is 6.65. The smallest absolute Gasteiger partial charge is 0.183 e. The van der Waals surface area contributed by atoms with Gasteiger partial charge in [-0.3, -0.25) is 0 Å². The maximum atomic E-state index is 5.69. The molecule has 1 aliphatic heterocycles. The summed E-state index contributed by atoms with van der Waals surface area (Å²) in [5, 5.41) is 2.39. The number of ether oxygens (including phenoxy) is 1. The van der Waals surface area contributed by atoms with Gasteiger partial charge in [0.25, 0.3) is 0 Å². The average Bonchev–Trinajstić information content (AvgIpc) is 3.38. The molecule has 1 fully saturated rings. The highest BCUT2D eigenvalue weighted by molar-refractivity contribution is 5.88. The molecule has 7 heteroatoms. The summed E-state index contributed by atoms with van der Waals surface area (Å²) in [6, 6.07) is 14.2. The Morgan fingerprint density at radius 2 is 1.74 bits per heavy atom. The number of nitrogens with zero attached hydrogens (tertiary/aromatic N) is 5. The number of hydrogen-bond acceptors (Lipinski definition) is 6. The van der Waals surface area contributed by atoms with Gasteiger partial charge in [-0.1, -0.05) is 36.4 Å². The van der Waals surface area contributed by atoms with Crippen LogP contribution in [0.15, 0.2) is 55.1 Å². The van der Waals surface area contributed by atoms with Gasteiger partial charge in [0.15, 0.2) is 17.0 Å². The number of rotatable bonds is 2. The van der Waals surface area contributed by atoms with Crippen molar-refractivity contribution >= 4 is 27.8 Å². The highest BCUT2D eigenvalue weighted by Gasteiger charge is 2.18. The zero-order valence-corrected chi connectivity index (χ0v) is 15.2. The van der Waals surface area contributed by atoms with E-state index in [1.165, 1.54) is 28.3 Å². The van der Waals surface area contributed by atoms with Crippen molar-refractivity contribution in [3.05, 3.63) is 55.1 Å². The summed E-state index contributed by atoms with van der Waals surface area (Å²) in [5.74, 6) is 7.53. The number of nitrogens with two attached hydrogens (primary N) is 1. The minimum absolute atomic E-state index is 0.687. The van der Waals surface area contributed by atoms with Crippen LogP contribution >= 0.6 is 0 Å². The van der Waals surface area contributed by atoms with E-state index in [0.29, 0.717) is 5.65 Å². The lowest BCUT2D eigenvalue weighted by Crippen LogP contribution is -2.19. The van der Waals surface area contributed by atoms with Crippen LogP contribution in [0.3, 0.4) is 0 Å². The highest BCUT2D eigenvalue weighted by Crippen LogP contribution is 2.24. The number of aromatic nitrogens is 4. The molecule has 7 nitrogen and oxygen atoms in total. The Kier molecular flexibility index (Phi) is 4.74. The van der Waals surface area contributed by atoms with E-state index in [9.17, 15) is 0 Å². The Bertz CT molecular complexity index is 1050. The molecule has 0 aliphatic carbocycles. The van der Waals surface area contributed by atoms with Crippen molar-refractivity contribution < 1.29 is 4.74 Å². The molecule has 4 aromatic rings. The molecule has 2 N–H and O–H groups in total. The maximum Gasteiger partial charge on any atom is 0.183 e. The SMILES string of the molecule is COc1cccc2ccccc12.Nn1cnc2c(N3CCCC3)ncnc21. The normalized spacial score (nSPS) is 13.6. The molecule has 0 bridgehead atoms. The lowest BCUT2D eigenvalue weighted by atomic mass is 10.1. The number of hydrogen-bond donors (Lipinski definition) is 1. The molecule has 138 valence electrons. The van der Waals surface area contributed by atoms with Crippen LogP contribution < -0.4 is 15.5 Å². The molecule has 27 heavy (non-hydrogen) atoms. The van der Waals surface area contributed by atoms with E-state index in [1.54, 1.807) is 19.8 Å². The van der Waals surface area contributed by atoms with Crippen molar-refractivity contribution in [3.63, 3.8) is 0 Å². The van der Waals surface area contributed by atoms with Crippen molar-refractivity contribution in [1.29, 1.82) is 0 Å². The number of nitrogen functional groups attached to an aromatic ring is 1. The lowest BCUT2D eigenvalue weighted by Gasteiger charge is -2.15. The molecule has 0 spiro atoms. The molecule has 0 saturated carbocycles. The minimum atomic E-state index is 0.687. The van der Waals surface area contributed by atoms with Crippen LogP contribution in [-0.2, 0) is 0 Å². The first-order valence-corrected chi connectivity index (χ1v) is 8.98. The van der Waals surface area contributed by atoms with Gasteiger partial charge in [0.1, 0.15) is 18.4 Å². The third kappa shape index (κ3) is 3.36. The van der Waals surface area contributed by atoms with Crippen molar-refractivity contribution in [2.75, 3.05) is 30.9 Å². The van der Waals surface area contributed by atoms with E-state index in [2.05, 4.69) is 38.1 Å².